The summed E-state index contributed by atoms with van der Waals surface area (Å²) in [5, 5.41) is 16.5. The SMILES string of the molecule is Nc1nnc(SCc2ccc(C(=O)O)c(F)c2)s1. The third kappa shape index (κ3) is 2.96. The molecule has 3 N–H and O–H groups in total. The van der Waals surface area contributed by atoms with Gasteiger partial charge in [-0.2, -0.15) is 0 Å². The molecule has 0 radical (unpaired) electrons. The summed E-state index contributed by atoms with van der Waals surface area (Å²) in [6.07, 6.45) is 0. The smallest absolute Gasteiger partial charge is 0.338 e. The van der Waals surface area contributed by atoms with Crippen molar-refractivity contribution in [1.82, 2.24) is 10.2 Å². The Morgan fingerprint density at radius 1 is 1.50 bits per heavy atom. The van der Waals surface area contributed by atoms with Crippen LogP contribution >= 0.6 is 23.1 Å². The largest absolute Gasteiger partial charge is 0.478 e. The molecule has 18 heavy (non-hydrogen) atoms. The van der Waals surface area contributed by atoms with E-state index in [2.05, 4.69) is 10.2 Å². The highest BCUT2D eigenvalue weighted by Gasteiger charge is 2.11. The van der Waals surface area contributed by atoms with Gasteiger partial charge in [0, 0.05) is 5.75 Å². The Hall–Kier alpha value is -1.67. The van der Waals surface area contributed by atoms with Crippen molar-refractivity contribution in [3.8, 4) is 0 Å². The van der Waals surface area contributed by atoms with E-state index in [9.17, 15) is 9.18 Å². The number of hydrogen-bond acceptors (Lipinski definition) is 6. The quantitative estimate of drug-likeness (QED) is 0.837. The molecule has 0 spiro atoms. The van der Waals surface area contributed by atoms with Crippen molar-refractivity contribution >= 4 is 34.2 Å². The number of nitrogens with two attached hydrogens (primary N) is 1. The van der Waals surface area contributed by atoms with E-state index in [-0.39, 0.29) is 5.56 Å². The molecule has 2 rings (SSSR count). The first-order valence-electron chi connectivity index (χ1n) is 4.80. The number of halogens is 1. The van der Waals surface area contributed by atoms with E-state index in [1.807, 2.05) is 0 Å². The summed E-state index contributed by atoms with van der Waals surface area (Å²) in [5.74, 6) is -1.54. The summed E-state index contributed by atoms with van der Waals surface area (Å²) in [7, 11) is 0. The number of nitrogens with zero attached hydrogens (tertiary/aromatic N) is 2. The lowest BCUT2D eigenvalue weighted by molar-refractivity contribution is 0.0692. The number of carbonyl (C=O) groups is 1. The fourth-order valence-corrected chi connectivity index (χ4v) is 2.82. The van der Waals surface area contributed by atoms with Gasteiger partial charge in [0.25, 0.3) is 0 Å². The molecule has 0 unspecified atom stereocenters. The molecule has 1 heterocycles. The molecule has 1 aromatic heterocycles. The van der Waals surface area contributed by atoms with Crippen LogP contribution in [0.4, 0.5) is 9.52 Å². The van der Waals surface area contributed by atoms with Crippen molar-refractivity contribution in [2.24, 2.45) is 0 Å². The minimum absolute atomic E-state index is 0.330. The Morgan fingerprint density at radius 2 is 2.28 bits per heavy atom. The molecule has 2 aromatic rings. The number of anilines is 1. The van der Waals surface area contributed by atoms with E-state index in [0.717, 1.165) is 0 Å². The maximum Gasteiger partial charge on any atom is 0.338 e. The zero-order valence-electron chi connectivity index (χ0n) is 8.96. The zero-order valence-corrected chi connectivity index (χ0v) is 10.6. The third-order valence-electron chi connectivity index (χ3n) is 2.05. The van der Waals surface area contributed by atoms with Crippen LogP contribution in [0, 0.1) is 5.82 Å². The number of aromatic carboxylic acids is 1. The Bertz CT molecular complexity index is 588. The average Bonchev–Trinajstić information content (AvgIpc) is 2.72. The van der Waals surface area contributed by atoms with Crippen LogP contribution < -0.4 is 5.73 Å². The fraction of sp³-hybridized carbons (Fsp3) is 0.100. The van der Waals surface area contributed by atoms with E-state index in [4.69, 9.17) is 10.8 Å². The normalized spacial score (nSPS) is 10.5. The van der Waals surface area contributed by atoms with Crippen LogP contribution in [-0.4, -0.2) is 21.3 Å². The van der Waals surface area contributed by atoms with Crippen molar-refractivity contribution in [2.75, 3.05) is 5.73 Å². The summed E-state index contributed by atoms with van der Waals surface area (Å²) < 4.78 is 14.1. The average molecular weight is 285 g/mol. The van der Waals surface area contributed by atoms with Gasteiger partial charge >= 0.3 is 5.97 Å². The number of hydrogen-bond donors (Lipinski definition) is 2. The number of thioether (sulfide) groups is 1. The lowest BCUT2D eigenvalue weighted by Gasteiger charge is -2.01. The first-order valence-corrected chi connectivity index (χ1v) is 6.60. The number of carboxylic acids is 1. The van der Waals surface area contributed by atoms with Gasteiger partial charge in [0.15, 0.2) is 4.34 Å². The van der Waals surface area contributed by atoms with Crippen LogP contribution in [0.5, 0.6) is 0 Å². The van der Waals surface area contributed by atoms with Gasteiger partial charge in [0.1, 0.15) is 5.82 Å². The second-order valence-electron chi connectivity index (χ2n) is 3.31. The van der Waals surface area contributed by atoms with Crippen LogP contribution in [0.1, 0.15) is 15.9 Å². The predicted molar refractivity (Wildman–Crippen MR) is 67.2 cm³/mol. The second kappa shape index (κ2) is 5.32. The van der Waals surface area contributed by atoms with Crippen molar-refractivity contribution in [1.29, 1.82) is 0 Å². The number of carboxylic acid groups (broad SMARTS) is 1. The molecule has 0 aliphatic heterocycles. The van der Waals surface area contributed by atoms with E-state index in [1.54, 1.807) is 6.07 Å². The summed E-state index contributed by atoms with van der Waals surface area (Å²) >= 11 is 2.62. The monoisotopic (exact) mass is 285 g/mol. The molecule has 8 heteroatoms. The molecule has 0 aliphatic carbocycles. The van der Waals surface area contributed by atoms with Crippen molar-refractivity contribution in [3.63, 3.8) is 0 Å². The Morgan fingerprint density at radius 3 is 2.83 bits per heavy atom. The Kier molecular flexibility index (Phi) is 3.78. The third-order valence-corrected chi connectivity index (χ3v) is 4.01. The van der Waals surface area contributed by atoms with Gasteiger partial charge in [-0.1, -0.05) is 29.2 Å². The second-order valence-corrected chi connectivity index (χ2v) is 5.55. The highest BCUT2D eigenvalue weighted by atomic mass is 32.2. The number of nitrogen functional groups attached to an aromatic ring is 1. The summed E-state index contributed by atoms with van der Waals surface area (Å²) in [6, 6.07) is 4.03. The maximum atomic E-state index is 13.4. The number of benzene rings is 1. The molecule has 0 bridgehead atoms. The first kappa shape index (κ1) is 12.8. The van der Waals surface area contributed by atoms with E-state index < -0.39 is 11.8 Å². The predicted octanol–water partition coefficient (Wildman–Crippen LogP) is 2.25. The van der Waals surface area contributed by atoms with Gasteiger partial charge in [0.05, 0.1) is 5.56 Å². The zero-order chi connectivity index (χ0) is 13.1. The number of aromatic nitrogens is 2. The molecular formula is C10H8FN3O2S2. The van der Waals surface area contributed by atoms with Gasteiger partial charge in [-0.05, 0) is 17.7 Å². The van der Waals surface area contributed by atoms with Gasteiger partial charge in [0.2, 0.25) is 5.13 Å². The van der Waals surface area contributed by atoms with Crippen molar-refractivity contribution in [2.45, 2.75) is 10.1 Å². The Labute approximate surface area is 110 Å². The first-order chi connectivity index (χ1) is 8.56. The molecule has 1 aromatic carbocycles. The standard InChI is InChI=1S/C10H8FN3O2S2/c11-7-3-5(1-2-6(7)8(15)16)4-17-10-14-13-9(12)18-10/h1-3H,4H2,(H2,12,13)(H,15,16). The van der Waals surface area contributed by atoms with Gasteiger partial charge in [-0.15, -0.1) is 10.2 Å². The molecule has 0 aliphatic rings. The van der Waals surface area contributed by atoms with Gasteiger partial charge in [-0.25, -0.2) is 9.18 Å². The summed E-state index contributed by atoms with van der Waals surface area (Å²) in [6.45, 7) is 0. The van der Waals surface area contributed by atoms with Crippen molar-refractivity contribution in [3.05, 3.63) is 35.1 Å². The van der Waals surface area contributed by atoms with Gasteiger partial charge < -0.3 is 10.8 Å². The van der Waals surface area contributed by atoms with E-state index in [1.165, 1.54) is 35.2 Å². The van der Waals surface area contributed by atoms with Crippen LogP contribution in [-0.2, 0) is 5.75 Å². The lowest BCUT2D eigenvalue weighted by Crippen LogP contribution is -2.00. The molecule has 0 amide bonds. The van der Waals surface area contributed by atoms with Crippen LogP contribution in [0.2, 0.25) is 0 Å². The van der Waals surface area contributed by atoms with Crippen molar-refractivity contribution < 1.29 is 14.3 Å². The molecule has 94 valence electrons. The summed E-state index contributed by atoms with van der Waals surface area (Å²) in [5.41, 5.74) is 5.78. The maximum absolute atomic E-state index is 13.4. The fourth-order valence-electron chi connectivity index (χ4n) is 1.25. The molecule has 0 atom stereocenters. The minimum atomic E-state index is -1.27. The highest BCUT2D eigenvalue weighted by molar-refractivity contribution is 8.00. The highest BCUT2D eigenvalue weighted by Crippen LogP contribution is 2.27. The molecule has 0 saturated carbocycles. The van der Waals surface area contributed by atoms with Gasteiger partial charge in [-0.3, -0.25) is 0 Å². The van der Waals surface area contributed by atoms with E-state index >= 15 is 0 Å². The molecular weight excluding hydrogens is 277 g/mol. The molecule has 0 fully saturated rings. The van der Waals surface area contributed by atoms with Crippen LogP contribution in [0.25, 0.3) is 0 Å². The van der Waals surface area contributed by atoms with Crippen LogP contribution in [0.3, 0.4) is 0 Å². The lowest BCUT2D eigenvalue weighted by atomic mass is 10.1. The molecule has 0 saturated heterocycles. The molecule has 5 nitrogen and oxygen atoms in total. The topological polar surface area (TPSA) is 89.1 Å². The Balaban J connectivity index is 2.06. The van der Waals surface area contributed by atoms with E-state index in [0.29, 0.717) is 20.8 Å². The minimum Gasteiger partial charge on any atom is -0.478 e. The summed E-state index contributed by atoms with van der Waals surface area (Å²) in [4.78, 5) is 10.6. The van der Waals surface area contributed by atoms with Crippen LogP contribution in [0.15, 0.2) is 22.5 Å². The number of rotatable bonds is 4.